The van der Waals surface area contributed by atoms with Gasteiger partial charge < -0.3 is 15.4 Å². The minimum atomic E-state index is -0.713. The molecule has 0 saturated heterocycles. The number of rotatable bonds is 7. The number of esters is 1. The molecule has 1 aromatic carbocycles. The van der Waals surface area contributed by atoms with Crippen molar-refractivity contribution in [3.8, 4) is 0 Å². The number of hydrogen-bond donors (Lipinski definition) is 1. The summed E-state index contributed by atoms with van der Waals surface area (Å²) < 4.78 is 5.14. The third-order valence-electron chi connectivity index (χ3n) is 3.48. The molecule has 0 aliphatic heterocycles. The van der Waals surface area contributed by atoms with Gasteiger partial charge in [-0.1, -0.05) is 37.3 Å². The molecule has 22 heavy (non-hydrogen) atoms. The van der Waals surface area contributed by atoms with Crippen molar-refractivity contribution in [2.24, 2.45) is 11.7 Å². The molecule has 0 unspecified atom stereocenters. The molecule has 120 valence electrons. The maximum absolute atomic E-state index is 12.1. The van der Waals surface area contributed by atoms with E-state index < -0.39 is 23.8 Å². The third-order valence-corrected chi connectivity index (χ3v) is 3.48. The lowest BCUT2D eigenvalue weighted by atomic mass is 10.1. The van der Waals surface area contributed by atoms with Crippen molar-refractivity contribution in [1.82, 2.24) is 4.90 Å². The van der Waals surface area contributed by atoms with E-state index in [2.05, 4.69) is 0 Å². The molecule has 0 fully saturated rings. The minimum absolute atomic E-state index is 0.0402. The first kappa shape index (κ1) is 17.7. The number of carbonyl (C=O) groups is 3. The summed E-state index contributed by atoms with van der Waals surface area (Å²) in [6, 6.07) is 8.58. The standard InChI is InChI=1S/C16H22N2O4/c1-11(16(21)18(3)12(2)15(17)20)9-14(19)22-10-13-7-5-4-6-8-13/h4-8,11-12H,9-10H2,1-3H3,(H2,17,20)/t11-,12-/m0/s1. The van der Waals surface area contributed by atoms with E-state index in [0.717, 1.165) is 5.56 Å². The smallest absolute Gasteiger partial charge is 0.306 e. The van der Waals surface area contributed by atoms with Gasteiger partial charge in [0, 0.05) is 13.0 Å². The topological polar surface area (TPSA) is 89.7 Å². The van der Waals surface area contributed by atoms with Crippen LogP contribution in [0.5, 0.6) is 0 Å². The van der Waals surface area contributed by atoms with Gasteiger partial charge in [-0.2, -0.15) is 0 Å². The van der Waals surface area contributed by atoms with Crippen molar-refractivity contribution < 1.29 is 19.1 Å². The number of amides is 2. The molecule has 0 radical (unpaired) electrons. The first-order valence-corrected chi connectivity index (χ1v) is 7.08. The van der Waals surface area contributed by atoms with Gasteiger partial charge in [0.05, 0.1) is 6.42 Å². The fourth-order valence-corrected chi connectivity index (χ4v) is 1.86. The molecule has 6 nitrogen and oxygen atoms in total. The normalized spacial score (nSPS) is 13.0. The molecule has 0 aliphatic carbocycles. The Bertz CT molecular complexity index is 530. The fourth-order valence-electron chi connectivity index (χ4n) is 1.86. The van der Waals surface area contributed by atoms with Crippen LogP contribution in [0.3, 0.4) is 0 Å². The highest BCUT2D eigenvalue weighted by Crippen LogP contribution is 2.11. The molecule has 1 aromatic rings. The predicted molar refractivity (Wildman–Crippen MR) is 81.4 cm³/mol. The average Bonchev–Trinajstić information content (AvgIpc) is 2.51. The van der Waals surface area contributed by atoms with Crippen LogP contribution in [0.2, 0.25) is 0 Å². The van der Waals surface area contributed by atoms with Gasteiger partial charge in [-0.3, -0.25) is 14.4 Å². The maximum Gasteiger partial charge on any atom is 0.306 e. The van der Waals surface area contributed by atoms with E-state index in [1.54, 1.807) is 13.8 Å². The van der Waals surface area contributed by atoms with Gasteiger partial charge in [0.15, 0.2) is 0 Å². The van der Waals surface area contributed by atoms with E-state index in [4.69, 9.17) is 10.5 Å². The Morgan fingerprint density at radius 1 is 1.18 bits per heavy atom. The monoisotopic (exact) mass is 306 g/mol. The van der Waals surface area contributed by atoms with Gasteiger partial charge in [0.1, 0.15) is 12.6 Å². The van der Waals surface area contributed by atoms with Crippen LogP contribution in [0, 0.1) is 5.92 Å². The van der Waals surface area contributed by atoms with Crippen molar-refractivity contribution in [2.45, 2.75) is 32.9 Å². The Hall–Kier alpha value is -2.37. The highest BCUT2D eigenvalue weighted by molar-refractivity contribution is 5.88. The summed E-state index contributed by atoms with van der Waals surface area (Å²) >= 11 is 0. The van der Waals surface area contributed by atoms with Crippen molar-refractivity contribution >= 4 is 17.8 Å². The Morgan fingerprint density at radius 2 is 1.77 bits per heavy atom. The van der Waals surface area contributed by atoms with Crippen LogP contribution in [-0.2, 0) is 25.7 Å². The molecular weight excluding hydrogens is 284 g/mol. The average molecular weight is 306 g/mol. The molecule has 2 atom stereocenters. The second-order valence-electron chi connectivity index (χ2n) is 5.28. The summed E-state index contributed by atoms with van der Waals surface area (Å²) in [5, 5.41) is 0. The Kier molecular flexibility index (Phi) is 6.56. The van der Waals surface area contributed by atoms with E-state index in [1.165, 1.54) is 11.9 Å². The van der Waals surface area contributed by atoms with Crippen LogP contribution in [-0.4, -0.2) is 35.8 Å². The van der Waals surface area contributed by atoms with Crippen LogP contribution in [0.15, 0.2) is 30.3 Å². The second kappa shape index (κ2) is 8.17. The Balaban J connectivity index is 2.46. The second-order valence-corrected chi connectivity index (χ2v) is 5.28. The van der Waals surface area contributed by atoms with E-state index >= 15 is 0 Å². The summed E-state index contributed by atoms with van der Waals surface area (Å²) in [7, 11) is 1.49. The van der Waals surface area contributed by atoms with Crippen molar-refractivity contribution in [1.29, 1.82) is 0 Å². The van der Waals surface area contributed by atoms with Crippen LogP contribution in [0.25, 0.3) is 0 Å². The number of ether oxygens (including phenoxy) is 1. The SMILES string of the molecule is C[C@@H](CC(=O)OCc1ccccc1)C(=O)N(C)[C@@H](C)C(N)=O. The molecule has 2 amide bonds. The van der Waals surface area contributed by atoms with Gasteiger partial charge in [-0.15, -0.1) is 0 Å². The van der Waals surface area contributed by atoms with Crippen molar-refractivity contribution in [2.75, 3.05) is 7.05 Å². The molecular formula is C16H22N2O4. The van der Waals surface area contributed by atoms with E-state index in [9.17, 15) is 14.4 Å². The van der Waals surface area contributed by atoms with Crippen LogP contribution in [0.4, 0.5) is 0 Å². The largest absolute Gasteiger partial charge is 0.461 e. The number of primary amides is 1. The van der Waals surface area contributed by atoms with E-state index in [-0.39, 0.29) is 18.9 Å². The predicted octanol–water partition coefficient (Wildman–Crippen LogP) is 1.09. The number of carbonyl (C=O) groups excluding carboxylic acids is 3. The molecule has 0 heterocycles. The Morgan fingerprint density at radius 3 is 2.32 bits per heavy atom. The van der Waals surface area contributed by atoms with Crippen LogP contribution in [0.1, 0.15) is 25.8 Å². The van der Waals surface area contributed by atoms with E-state index in [0.29, 0.717) is 0 Å². The van der Waals surface area contributed by atoms with Crippen molar-refractivity contribution in [3.05, 3.63) is 35.9 Å². The van der Waals surface area contributed by atoms with Gasteiger partial charge >= 0.3 is 5.97 Å². The Labute approximate surface area is 130 Å². The van der Waals surface area contributed by atoms with Crippen molar-refractivity contribution in [3.63, 3.8) is 0 Å². The molecule has 0 spiro atoms. The molecule has 1 rings (SSSR count). The third kappa shape index (κ3) is 5.20. The van der Waals surface area contributed by atoms with Gasteiger partial charge in [0.25, 0.3) is 0 Å². The quantitative estimate of drug-likeness (QED) is 0.764. The lowest BCUT2D eigenvalue weighted by molar-refractivity contribution is -0.150. The summed E-state index contributed by atoms with van der Waals surface area (Å²) in [6.45, 7) is 3.34. The highest BCUT2D eigenvalue weighted by Gasteiger charge is 2.26. The number of hydrogen-bond acceptors (Lipinski definition) is 4. The molecule has 0 aromatic heterocycles. The lowest BCUT2D eigenvalue weighted by Gasteiger charge is -2.25. The summed E-state index contributed by atoms with van der Waals surface area (Å²) in [5.41, 5.74) is 6.05. The molecule has 0 aliphatic rings. The first-order valence-electron chi connectivity index (χ1n) is 7.08. The maximum atomic E-state index is 12.1. The van der Waals surface area contributed by atoms with Crippen LogP contribution >= 0.6 is 0 Å². The lowest BCUT2D eigenvalue weighted by Crippen LogP contribution is -2.45. The summed E-state index contributed by atoms with van der Waals surface area (Å²) in [5.74, 6) is -1.93. The summed E-state index contributed by atoms with van der Waals surface area (Å²) in [6.07, 6.45) is -0.0402. The highest BCUT2D eigenvalue weighted by atomic mass is 16.5. The molecule has 0 bridgehead atoms. The number of benzene rings is 1. The van der Waals surface area contributed by atoms with Gasteiger partial charge in [-0.05, 0) is 12.5 Å². The van der Waals surface area contributed by atoms with Crippen LogP contribution < -0.4 is 5.73 Å². The molecule has 6 heteroatoms. The molecule has 2 N–H and O–H groups in total. The minimum Gasteiger partial charge on any atom is -0.461 e. The zero-order valence-corrected chi connectivity index (χ0v) is 13.1. The van der Waals surface area contributed by atoms with E-state index in [1.807, 2.05) is 30.3 Å². The fraction of sp³-hybridized carbons (Fsp3) is 0.438. The molecule has 0 saturated carbocycles. The number of nitrogens with two attached hydrogens (primary N) is 1. The zero-order chi connectivity index (χ0) is 16.7. The van der Waals surface area contributed by atoms with Gasteiger partial charge in [0.2, 0.25) is 11.8 Å². The number of nitrogens with zero attached hydrogens (tertiary/aromatic N) is 1. The first-order chi connectivity index (χ1) is 10.3. The summed E-state index contributed by atoms with van der Waals surface area (Å²) in [4.78, 5) is 36.2. The van der Waals surface area contributed by atoms with Gasteiger partial charge in [-0.25, -0.2) is 0 Å². The number of likely N-dealkylation sites (N-methyl/N-ethyl adjacent to an activating group) is 1. The zero-order valence-electron chi connectivity index (χ0n) is 13.1.